The minimum Gasteiger partial charge on any atom is -0.486 e. The van der Waals surface area contributed by atoms with Gasteiger partial charge in [0.15, 0.2) is 11.5 Å². The lowest BCUT2D eigenvalue weighted by Crippen LogP contribution is -2.22. The summed E-state index contributed by atoms with van der Waals surface area (Å²) in [6.07, 6.45) is 0. The standard InChI is InChI=1S/C14H18O4/c1-14(2,3)13(15)18-9-10-4-5-11-12(8-10)17-7-6-16-11/h4-5,8H,6-7,9H2,1-3H3. The minimum absolute atomic E-state index is 0.211. The van der Waals surface area contributed by atoms with Crippen LogP contribution < -0.4 is 9.47 Å². The zero-order valence-corrected chi connectivity index (χ0v) is 11.0. The molecule has 0 saturated heterocycles. The van der Waals surface area contributed by atoms with Crippen LogP contribution in [0.3, 0.4) is 0 Å². The molecule has 0 radical (unpaired) electrons. The molecular formula is C14H18O4. The molecule has 0 aliphatic carbocycles. The maximum Gasteiger partial charge on any atom is 0.311 e. The molecule has 0 N–H and O–H groups in total. The topological polar surface area (TPSA) is 44.8 Å². The quantitative estimate of drug-likeness (QED) is 0.757. The van der Waals surface area contributed by atoms with E-state index >= 15 is 0 Å². The van der Waals surface area contributed by atoms with E-state index in [1.807, 2.05) is 39.0 Å². The van der Waals surface area contributed by atoms with Gasteiger partial charge in [-0.2, -0.15) is 0 Å². The van der Waals surface area contributed by atoms with Gasteiger partial charge in [0.1, 0.15) is 19.8 Å². The predicted molar refractivity (Wildman–Crippen MR) is 66.7 cm³/mol. The average molecular weight is 250 g/mol. The molecule has 0 amide bonds. The van der Waals surface area contributed by atoms with Crippen LogP contribution in [0.15, 0.2) is 18.2 Å². The summed E-state index contributed by atoms with van der Waals surface area (Å²) >= 11 is 0. The molecule has 2 rings (SSSR count). The van der Waals surface area contributed by atoms with E-state index in [2.05, 4.69) is 0 Å². The summed E-state index contributed by atoms with van der Waals surface area (Å²) in [5.41, 5.74) is 0.422. The molecule has 1 aromatic carbocycles. The van der Waals surface area contributed by atoms with E-state index in [9.17, 15) is 4.79 Å². The van der Waals surface area contributed by atoms with Crippen LogP contribution >= 0.6 is 0 Å². The highest BCUT2D eigenvalue weighted by molar-refractivity contribution is 5.75. The minimum atomic E-state index is -0.478. The maximum atomic E-state index is 11.6. The Bertz CT molecular complexity index is 446. The van der Waals surface area contributed by atoms with E-state index in [1.54, 1.807) is 0 Å². The first-order valence-corrected chi connectivity index (χ1v) is 6.02. The fraction of sp³-hybridized carbons (Fsp3) is 0.500. The van der Waals surface area contributed by atoms with Gasteiger partial charge in [0.25, 0.3) is 0 Å². The number of carbonyl (C=O) groups is 1. The molecule has 0 fully saturated rings. The van der Waals surface area contributed by atoms with E-state index in [-0.39, 0.29) is 12.6 Å². The largest absolute Gasteiger partial charge is 0.486 e. The van der Waals surface area contributed by atoms with Crippen LogP contribution in [0.5, 0.6) is 11.5 Å². The summed E-state index contributed by atoms with van der Waals surface area (Å²) in [7, 11) is 0. The number of carbonyl (C=O) groups excluding carboxylic acids is 1. The second-order valence-corrected chi connectivity index (χ2v) is 5.30. The van der Waals surface area contributed by atoms with Crippen molar-refractivity contribution >= 4 is 5.97 Å². The lowest BCUT2D eigenvalue weighted by Gasteiger charge is -2.20. The van der Waals surface area contributed by atoms with Crippen molar-refractivity contribution in [2.24, 2.45) is 5.41 Å². The number of benzene rings is 1. The van der Waals surface area contributed by atoms with Crippen molar-refractivity contribution in [2.75, 3.05) is 13.2 Å². The van der Waals surface area contributed by atoms with Gasteiger partial charge in [0, 0.05) is 0 Å². The number of esters is 1. The Hall–Kier alpha value is -1.71. The Morgan fingerprint density at radius 1 is 1.22 bits per heavy atom. The molecule has 98 valence electrons. The zero-order chi connectivity index (χ0) is 13.2. The first-order valence-electron chi connectivity index (χ1n) is 6.02. The van der Waals surface area contributed by atoms with Gasteiger partial charge >= 0.3 is 5.97 Å². The second kappa shape index (κ2) is 4.88. The highest BCUT2D eigenvalue weighted by atomic mass is 16.6. The summed E-state index contributed by atoms with van der Waals surface area (Å²) in [4.78, 5) is 11.6. The van der Waals surface area contributed by atoms with Crippen LogP contribution in [-0.2, 0) is 16.1 Å². The molecule has 4 heteroatoms. The second-order valence-electron chi connectivity index (χ2n) is 5.30. The third kappa shape index (κ3) is 2.94. The van der Waals surface area contributed by atoms with E-state index < -0.39 is 5.41 Å². The van der Waals surface area contributed by atoms with Crippen LogP contribution in [-0.4, -0.2) is 19.2 Å². The lowest BCUT2D eigenvalue weighted by molar-refractivity contribution is -0.154. The summed E-state index contributed by atoms with van der Waals surface area (Å²) in [5, 5.41) is 0. The third-order valence-electron chi connectivity index (χ3n) is 2.59. The number of ether oxygens (including phenoxy) is 3. The molecule has 1 aliphatic rings. The molecule has 0 saturated carbocycles. The Balaban J connectivity index is 2.00. The van der Waals surface area contributed by atoms with Gasteiger partial charge in [-0.25, -0.2) is 0 Å². The zero-order valence-electron chi connectivity index (χ0n) is 11.0. The number of hydrogen-bond acceptors (Lipinski definition) is 4. The van der Waals surface area contributed by atoms with Crippen LogP contribution in [0.2, 0.25) is 0 Å². The van der Waals surface area contributed by atoms with Gasteiger partial charge in [0.2, 0.25) is 0 Å². The van der Waals surface area contributed by atoms with Crippen LogP contribution in [0, 0.1) is 5.41 Å². The first-order chi connectivity index (χ1) is 8.47. The maximum absolute atomic E-state index is 11.6. The van der Waals surface area contributed by atoms with Gasteiger partial charge in [-0.15, -0.1) is 0 Å². The lowest BCUT2D eigenvalue weighted by atomic mass is 9.97. The van der Waals surface area contributed by atoms with Crippen molar-refractivity contribution in [2.45, 2.75) is 27.4 Å². The van der Waals surface area contributed by atoms with Gasteiger partial charge in [-0.05, 0) is 38.5 Å². The fourth-order valence-electron chi connectivity index (χ4n) is 1.54. The molecule has 0 aromatic heterocycles. The molecule has 4 nitrogen and oxygen atoms in total. The summed E-state index contributed by atoms with van der Waals surface area (Å²) in [5.74, 6) is 1.25. The molecular weight excluding hydrogens is 232 g/mol. The molecule has 0 atom stereocenters. The average Bonchev–Trinajstić information content (AvgIpc) is 2.34. The van der Waals surface area contributed by atoms with Crippen LogP contribution in [0.4, 0.5) is 0 Å². The normalized spacial score (nSPS) is 14.2. The van der Waals surface area contributed by atoms with Crippen molar-refractivity contribution in [1.82, 2.24) is 0 Å². The van der Waals surface area contributed by atoms with Gasteiger partial charge in [-0.1, -0.05) is 6.07 Å². The Morgan fingerprint density at radius 3 is 2.56 bits per heavy atom. The van der Waals surface area contributed by atoms with E-state index in [4.69, 9.17) is 14.2 Å². The Labute approximate surface area is 107 Å². The molecule has 1 aliphatic heterocycles. The van der Waals surface area contributed by atoms with Crippen molar-refractivity contribution in [3.05, 3.63) is 23.8 Å². The highest BCUT2D eigenvalue weighted by Crippen LogP contribution is 2.31. The third-order valence-corrected chi connectivity index (χ3v) is 2.59. The van der Waals surface area contributed by atoms with Crippen LogP contribution in [0.25, 0.3) is 0 Å². The summed E-state index contributed by atoms with van der Waals surface area (Å²) in [6.45, 7) is 6.88. The molecule has 0 bridgehead atoms. The summed E-state index contributed by atoms with van der Waals surface area (Å²) in [6, 6.07) is 5.57. The van der Waals surface area contributed by atoms with E-state index in [0.717, 1.165) is 11.3 Å². The van der Waals surface area contributed by atoms with Crippen molar-refractivity contribution < 1.29 is 19.0 Å². The predicted octanol–water partition coefficient (Wildman–Crippen LogP) is 2.55. The van der Waals surface area contributed by atoms with Crippen molar-refractivity contribution in [1.29, 1.82) is 0 Å². The molecule has 0 spiro atoms. The van der Waals surface area contributed by atoms with E-state index in [0.29, 0.717) is 19.0 Å². The fourth-order valence-corrected chi connectivity index (χ4v) is 1.54. The monoisotopic (exact) mass is 250 g/mol. The molecule has 18 heavy (non-hydrogen) atoms. The van der Waals surface area contributed by atoms with Gasteiger partial charge in [0.05, 0.1) is 5.41 Å². The molecule has 0 unspecified atom stereocenters. The van der Waals surface area contributed by atoms with E-state index in [1.165, 1.54) is 0 Å². The van der Waals surface area contributed by atoms with Gasteiger partial charge < -0.3 is 14.2 Å². The van der Waals surface area contributed by atoms with Crippen LogP contribution in [0.1, 0.15) is 26.3 Å². The molecule has 1 heterocycles. The summed E-state index contributed by atoms with van der Waals surface area (Å²) < 4.78 is 16.1. The molecule has 1 aromatic rings. The van der Waals surface area contributed by atoms with Crippen molar-refractivity contribution in [3.63, 3.8) is 0 Å². The van der Waals surface area contributed by atoms with Crippen molar-refractivity contribution in [3.8, 4) is 11.5 Å². The first kappa shape index (κ1) is 12.7. The number of fused-ring (bicyclic) bond motifs is 1. The smallest absolute Gasteiger partial charge is 0.311 e. The van der Waals surface area contributed by atoms with Gasteiger partial charge in [-0.3, -0.25) is 4.79 Å². The number of hydrogen-bond donors (Lipinski definition) is 0. The Morgan fingerprint density at radius 2 is 1.89 bits per heavy atom. The SMILES string of the molecule is CC(C)(C)C(=O)OCc1ccc2c(c1)OCCO2. The number of rotatable bonds is 2. The highest BCUT2D eigenvalue weighted by Gasteiger charge is 2.23. The Kier molecular flexibility index (Phi) is 3.45.